The lowest BCUT2D eigenvalue weighted by Crippen LogP contribution is -2.37. The molecule has 8 heteroatoms. The van der Waals surface area contributed by atoms with Crippen molar-refractivity contribution in [1.82, 2.24) is 14.7 Å². The van der Waals surface area contributed by atoms with E-state index in [1.54, 1.807) is 0 Å². The van der Waals surface area contributed by atoms with Gasteiger partial charge in [0.1, 0.15) is 11.5 Å². The molecule has 0 spiro atoms. The average molecular weight is 415 g/mol. The van der Waals surface area contributed by atoms with Crippen LogP contribution in [0.2, 0.25) is 0 Å². The fraction of sp³-hybridized carbons (Fsp3) is 0.524. The molecule has 0 saturated heterocycles. The molecular weight excluding hydrogens is 388 g/mol. The minimum Gasteiger partial charge on any atom is -0.346 e. The van der Waals surface area contributed by atoms with Crippen molar-refractivity contribution in [2.75, 3.05) is 11.1 Å². The summed E-state index contributed by atoms with van der Waals surface area (Å²) in [7, 11) is -3.19. The molecular formula is C21H26N4O3S. The van der Waals surface area contributed by atoms with Gasteiger partial charge in [0.15, 0.2) is 0 Å². The lowest BCUT2D eigenvalue weighted by atomic mass is 9.90. The second-order valence-corrected chi connectivity index (χ2v) is 10.4. The molecule has 2 saturated carbocycles. The van der Waals surface area contributed by atoms with E-state index in [0.717, 1.165) is 55.1 Å². The van der Waals surface area contributed by atoms with E-state index in [2.05, 4.69) is 26.1 Å². The lowest BCUT2D eigenvalue weighted by Gasteiger charge is -2.23. The molecule has 1 amide bonds. The number of pyridine rings is 1. The van der Waals surface area contributed by atoms with Crippen LogP contribution in [-0.2, 0) is 14.8 Å². The highest BCUT2D eigenvalue weighted by Crippen LogP contribution is 2.35. The maximum Gasteiger partial charge on any atom is 0.228 e. The monoisotopic (exact) mass is 414 g/mol. The smallest absolute Gasteiger partial charge is 0.228 e. The van der Waals surface area contributed by atoms with Gasteiger partial charge < -0.3 is 10.3 Å². The highest BCUT2D eigenvalue weighted by molar-refractivity contribution is 7.89. The summed E-state index contributed by atoms with van der Waals surface area (Å²) in [5.74, 6) is 1.35. The maximum absolute atomic E-state index is 12.3. The number of nitrogens with zero attached hydrogens (tertiary/aromatic N) is 1. The quantitative estimate of drug-likeness (QED) is 0.647. The Bertz CT molecular complexity index is 1080. The van der Waals surface area contributed by atoms with E-state index >= 15 is 0 Å². The molecule has 3 N–H and O–H groups in total. The van der Waals surface area contributed by atoms with Gasteiger partial charge in [-0.3, -0.25) is 4.79 Å². The number of fused-ring (bicyclic) bond motifs is 1. The van der Waals surface area contributed by atoms with Gasteiger partial charge in [-0.1, -0.05) is 6.08 Å². The topological polar surface area (TPSA) is 104 Å². The zero-order chi connectivity index (χ0) is 20.0. The van der Waals surface area contributed by atoms with Gasteiger partial charge in [0.05, 0.1) is 5.75 Å². The molecule has 1 unspecified atom stereocenters. The predicted molar refractivity (Wildman–Crippen MR) is 113 cm³/mol. The van der Waals surface area contributed by atoms with Crippen molar-refractivity contribution < 1.29 is 13.2 Å². The zero-order valence-electron chi connectivity index (χ0n) is 16.3. The highest BCUT2D eigenvalue weighted by Gasteiger charge is 2.31. The number of hydrogen-bond acceptors (Lipinski definition) is 4. The Morgan fingerprint density at radius 3 is 2.72 bits per heavy atom. The number of H-pyrrole nitrogens is 1. The van der Waals surface area contributed by atoms with Crippen molar-refractivity contribution in [3.05, 3.63) is 30.0 Å². The summed E-state index contributed by atoms with van der Waals surface area (Å²) in [5.41, 5.74) is 2.99. The number of sulfonamides is 1. The predicted octanol–water partition coefficient (Wildman–Crippen LogP) is 3.18. The second-order valence-electron chi connectivity index (χ2n) is 8.60. The largest absolute Gasteiger partial charge is 0.346 e. The van der Waals surface area contributed by atoms with Crippen LogP contribution in [0, 0.1) is 11.8 Å². The lowest BCUT2D eigenvalue weighted by molar-refractivity contribution is -0.117. The van der Waals surface area contributed by atoms with Crippen LogP contribution in [0.4, 0.5) is 5.82 Å². The summed E-state index contributed by atoms with van der Waals surface area (Å²) in [6, 6.07) is 3.90. The molecule has 0 bridgehead atoms. The fourth-order valence-electron chi connectivity index (χ4n) is 4.02. The highest BCUT2D eigenvalue weighted by atomic mass is 32.2. The van der Waals surface area contributed by atoms with Crippen LogP contribution in [0.1, 0.15) is 50.5 Å². The van der Waals surface area contributed by atoms with Crippen molar-refractivity contribution in [3.8, 4) is 0 Å². The van der Waals surface area contributed by atoms with Crippen LogP contribution in [0.25, 0.3) is 16.6 Å². The molecule has 2 aromatic rings. The summed E-state index contributed by atoms with van der Waals surface area (Å²) in [6.45, 7) is 0. The van der Waals surface area contributed by atoms with Crippen LogP contribution >= 0.6 is 0 Å². The number of aromatic nitrogens is 2. The summed E-state index contributed by atoms with van der Waals surface area (Å²) < 4.78 is 27.4. The Labute approximate surface area is 170 Å². The third kappa shape index (κ3) is 4.38. The summed E-state index contributed by atoms with van der Waals surface area (Å²) >= 11 is 0. The van der Waals surface area contributed by atoms with Crippen LogP contribution in [0.5, 0.6) is 0 Å². The number of nitrogens with one attached hydrogen (secondary N) is 3. The van der Waals surface area contributed by atoms with E-state index in [9.17, 15) is 13.2 Å². The van der Waals surface area contributed by atoms with E-state index < -0.39 is 10.0 Å². The zero-order valence-corrected chi connectivity index (χ0v) is 17.1. The average Bonchev–Trinajstić information content (AvgIpc) is 3.60. The van der Waals surface area contributed by atoms with Gasteiger partial charge in [0.2, 0.25) is 15.9 Å². The summed E-state index contributed by atoms with van der Waals surface area (Å²) in [5, 5.41) is 3.96. The third-order valence-corrected chi connectivity index (χ3v) is 7.59. The molecule has 7 nitrogen and oxygen atoms in total. The summed E-state index contributed by atoms with van der Waals surface area (Å²) in [4.78, 5) is 19.8. The molecule has 154 valence electrons. The molecule has 5 rings (SSSR count). The third-order valence-electron chi connectivity index (χ3n) is 5.98. The van der Waals surface area contributed by atoms with E-state index in [-0.39, 0.29) is 23.6 Å². The van der Waals surface area contributed by atoms with E-state index in [0.29, 0.717) is 18.2 Å². The molecule has 2 aromatic heterocycles. The molecule has 0 radical (unpaired) electrons. The van der Waals surface area contributed by atoms with Gasteiger partial charge in [0, 0.05) is 23.5 Å². The van der Waals surface area contributed by atoms with Gasteiger partial charge >= 0.3 is 0 Å². The minimum absolute atomic E-state index is 0.0390. The number of amides is 1. The molecule has 3 aliphatic rings. The number of carbonyl (C=O) groups is 1. The molecule has 2 heterocycles. The number of aromatic amines is 1. The van der Waals surface area contributed by atoms with Crippen LogP contribution < -0.4 is 10.0 Å². The molecule has 3 aliphatic carbocycles. The molecule has 0 aromatic carbocycles. The SMILES string of the molecule is O=C(Nc1cc(C2=CCC(NS(=O)(=O)CC3CC3)CC2)c2cc[nH]c2n1)C1CC1. The van der Waals surface area contributed by atoms with Crippen molar-refractivity contribution in [1.29, 1.82) is 0 Å². The first-order valence-corrected chi connectivity index (χ1v) is 12.1. The first-order chi connectivity index (χ1) is 14.0. The Hall–Kier alpha value is -2.19. The van der Waals surface area contributed by atoms with E-state index in [1.807, 2.05) is 18.3 Å². The van der Waals surface area contributed by atoms with E-state index in [4.69, 9.17) is 0 Å². The molecule has 29 heavy (non-hydrogen) atoms. The molecule has 0 aliphatic heterocycles. The number of anilines is 1. The normalized spacial score (nSPS) is 22.5. The van der Waals surface area contributed by atoms with Crippen molar-refractivity contribution in [2.45, 2.75) is 51.0 Å². The number of hydrogen-bond donors (Lipinski definition) is 3. The van der Waals surface area contributed by atoms with E-state index in [1.165, 1.54) is 5.57 Å². The standard InChI is InChI=1S/C21H26N4O3S/c26-21(15-3-4-15)24-19-11-18(17-9-10-22-20(17)23-19)14-5-7-16(8-6-14)25-29(27,28)12-13-1-2-13/h5,9-11,13,15-16,25H,1-4,6-8,12H2,(H2,22,23,24,26). The molecule has 2 fully saturated rings. The molecule has 1 atom stereocenters. The van der Waals surface area contributed by atoms with Gasteiger partial charge in [-0.25, -0.2) is 18.1 Å². The number of carbonyl (C=O) groups excluding carboxylic acids is 1. The summed E-state index contributed by atoms with van der Waals surface area (Å²) in [6.07, 6.45) is 10.2. The number of allylic oxidation sites excluding steroid dienone is 1. The van der Waals surface area contributed by atoms with Crippen LogP contribution in [0.15, 0.2) is 24.4 Å². The minimum atomic E-state index is -3.19. The maximum atomic E-state index is 12.3. The van der Waals surface area contributed by atoms with Crippen LogP contribution in [0.3, 0.4) is 0 Å². The Balaban J connectivity index is 1.34. The Kier molecular flexibility index (Phi) is 4.70. The Morgan fingerprint density at radius 2 is 2.03 bits per heavy atom. The van der Waals surface area contributed by atoms with Gasteiger partial charge in [-0.05, 0) is 74.1 Å². The fourth-order valence-corrected chi connectivity index (χ4v) is 5.80. The second kappa shape index (κ2) is 7.25. The first-order valence-electron chi connectivity index (χ1n) is 10.5. The Morgan fingerprint density at radius 1 is 1.21 bits per heavy atom. The van der Waals surface area contributed by atoms with Crippen LogP contribution in [-0.4, -0.2) is 36.1 Å². The van der Waals surface area contributed by atoms with Crippen molar-refractivity contribution in [2.24, 2.45) is 11.8 Å². The van der Waals surface area contributed by atoms with Gasteiger partial charge in [0.25, 0.3) is 0 Å². The van der Waals surface area contributed by atoms with Crippen molar-refractivity contribution >= 4 is 38.4 Å². The van der Waals surface area contributed by atoms with Crippen molar-refractivity contribution in [3.63, 3.8) is 0 Å². The van der Waals surface area contributed by atoms with Gasteiger partial charge in [-0.15, -0.1) is 0 Å². The number of rotatable bonds is 7. The first kappa shape index (κ1) is 18.8. The van der Waals surface area contributed by atoms with Gasteiger partial charge in [-0.2, -0.15) is 0 Å².